The highest BCUT2D eigenvalue weighted by Gasteiger charge is 2.34. The Morgan fingerprint density at radius 3 is 2.37 bits per heavy atom. The summed E-state index contributed by atoms with van der Waals surface area (Å²) in [6, 6.07) is 10.6. The maximum absolute atomic E-state index is 13.9. The number of amides is 2. The van der Waals surface area contributed by atoms with Crippen LogP contribution in [0.4, 0.5) is 29.3 Å². The number of fused-ring (bicyclic) bond motifs is 1. The maximum Gasteiger partial charge on any atom is 0.416 e. The SMILES string of the molecule is CN1CCC(Cc2ccc(NC(=O)Nc3ccc(-c4cncc5c4cnn5C)cc3)cc2C(F)(F)F)CC1. The van der Waals surface area contributed by atoms with Gasteiger partial charge in [-0.1, -0.05) is 18.2 Å². The van der Waals surface area contributed by atoms with Gasteiger partial charge in [-0.25, -0.2) is 4.79 Å². The number of anilines is 2. The minimum absolute atomic E-state index is 0.0907. The highest BCUT2D eigenvalue weighted by molar-refractivity contribution is 6.00. The summed E-state index contributed by atoms with van der Waals surface area (Å²) in [7, 11) is 3.87. The molecule has 1 aliphatic rings. The van der Waals surface area contributed by atoms with E-state index in [2.05, 4.69) is 25.6 Å². The first-order valence-corrected chi connectivity index (χ1v) is 12.5. The third-order valence-electron chi connectivity index (χ3n) is 7.15. The molecule has 0 unspecified atom stereocenters. The second-order valence-corrected chi connectivity index (χ2v) is 9.86. The smallest absolute Gasteiger partial charge is 0.308 e. The number of carbonyl (C=O) groups is 1. The zero-order valence-corrected chi connectivity index (χ0v) is 21.2. The molecular formula is C28H29F3N6O. The monoisotopic (exact) mass is 522 g/mol. The molecule has 198 valence electrons. The highest BCUT2D eigenvalue weighted by Crippen LogP contribution is 2.36. The standard InChI is InChI=1S/C28H29F3N6O/c1-36-11-9-18(10-12-36)13-20-5-8-22(14-25(20)28(29,30)31)35-27(38)34-21-6-3-19(4-7-21)23-15-32-17-26-24(23)16-33-37(26)2/h3-8,14-18H,9-13H2,1-2H3,(H2,34,35,38). The van der Waals surface area contributed by atoms with Gasteiger partial charge in [0, 0.05) is 35.6 Å². The maximum atomic E-state index is 13.9. The number of halogens is 3. The molecular weight excluding hydrogens is 493 g/mol. The first-order valence-electron chi connectivity index (χ1n) is 12.5. The largest absolute Gasteiger partial charge is 0.416 e. The molecule has 7 nitrogen and oxygen atoms in total. The van der Waals surface area contributed by atoms with Gasteiger partial charge in [0.05, 0.1) is 23.5 Å². The van der Waals surface area contributed by atoms with Crippen molar-refractivity contribution in [2.75, 3.05) is 30.8 Å². The van der Waals surface area contributed by atoms with Crippen molar-refractivity contribution in [1.82, 2.24) is 19.7 Å². The summed E-state index contributed by atoms with van der Waals surface area (Å²) in [4.78, 5) is 19.1. The Kier molecular flexibility index (Phi) is 7.07. The quantitative estimate of drug-likeness (QED) is 0.328. The van der Waals surface area contributed by atoms with E-state index in [9.17, 15) is 18.0 Å². The Morgan fingerprint density at radius 2 is 1.66 bits per heavy atom. The Morgan fingerprint density at radius 1 is 0.974 bits per heavy atom. The van der Waals surface area contributed by atoms with Crippen LogP contribution in [0.2, 0.25) is 0 Å². The number of carbonyl (C=O) groups excluding carboxylic acids is 1. The van der Waals surface area contributed by atoms with Crippen LogP contribution in [-0.4, -0.2) is 45.8 Å². The van der Waals surface area contributed by atoms with Crippen molar-refractivity contribution in [2.24, 2.45) is 13.0 Å². The molecule has 0 atom stereocenters. The third-order valence-corrected chi connectivity index (χ3v) is 7.15. The average Bonchev–Trinajstić information content (AvgIpc) is 3.27. The van der Waals surface area contributed by atoms with Gasteiger partial charge in [-0.3, -0.25) is 9.67 Å². The molecule has 0 saturated carbocycles. The minimum Gasteiger partial charge on any atom is -0.308 e. The summed E-state index contributed by atoms with van der Waals surface area (Å²) in [6.07, 6.45) is 2.91. The van der Waals surface area contributed by atoms with E-state index in [4.69, 9.17) is 0 Å². The van der Waals surface area contributed by atoms with Crippen molar-refractivity contribution >= 4 is 28.3 Å². The van der Waals surface area contributed by atoms with Crippen LogP contribution >= 0.6 is 0 Å². The molecule has 0 aliphatic carbocycles. The first kappa shape index (κ1) is 25.7. The molecule has 1 aliphatic heterocycles. The van der Waals surface area contributed by atoms with Gasteiger partial charge in [0.25, 0.3) is 0 Å². The molecule has 2 aromatic carbocycles. The van der Waals surface area contributed by atoms with Crippen LogP contribution in [0.25, 0.3) is 22.0 Å². The summed E-state index contributed by atoms with van der Waals surface area (Å²) in [5.41, 5.74) is 2.88. The number of pyridine rings is 1. The van der Waals surface area contributed by atoms with E-state index in [1.54, 1.807) is 35.4 Å². The highest BCUT2D eigenvalue weighted by atomic mass is 19.4. The third kappa shape index (κ3) is 5.65. The topological polar surface area (TPSA) is 75.1 Å². The number of nitrogens with one attached hydrogen (secondary N) is 2. The van der Waals surface area contributed by atoms with Crippen LogP contribution in [-0.2, 0) is 19.6 Å². The van der Waals surface area contributed by atoms with E-state index in [1.807, 2.05) is 26.2 Å². The predicted octanol–water partition coefficient (Wildman–Crippen LogP) is 6.18. The molecule has 2 aromatic heterocycles. The zero-order valence-electron chi connectivity index (χ0n) is 21.2. The average molecular weight is 523 g/mol. The van der Waals surface area contributed by atoms with Crippen LogP contribution < -0.4 is 10.6 Å². The van der Waals surface area contributed by atoms with Crippen molar-refractivity contribution in [3.63, 3.8) is 0 Å². The molecule has 0 radical (unpaired) electrons. The number of aryl methyl sites for hydroxylation is 1. The van der Waals surface area contributed by atoms with Crippen molar-refractivity contribution in [2.45, 2.75) is 25.4 Å². The number of hydrogen-bond acceptors (Lipinski definition) is 4. The van der Waals surface area contributed by atoms with E-state index < -0.39 is 17.8 Å². The zero-order chi connectivity index (χ0) is 26.9. The van der Waals surface area contributed by atoms with Crippen molar-refractivity contribution < 1.29 is 18.0 Å². The number of urea groups is 1. The fourth-order valence-corrected chi connectivity index (χ4v) is 4.99. The lowest BCUT2D eigenvalue weighted by Gasteiger charge is -2.29. The van der Waals surface area contributed by atoms with E-state index in [0.717, 1.165) is 54.0 Å². The summed E-state index contributed by atoms with van der Waals surface area (Å²) in [6.45, 7) is 1.78. The van der Waals surface area contributed by atoms with E-state index >= 15 is 0 Å². The number of piperidine rings is 1. The molecule has 2 N–H and O–H groups in total. The number of rotatable bonds is 5. The lowest BCUT2D eigenvalue weighted by molar-refractivity contribution is -0.138. The van der Waals surface area contributed by atoms with Crippen LogP contribution in [0.15, 0.2) is 61.1 Å². The van der Waals surface area contributed by atoms with Gasteiger partial charge < -0.3 is 15.5 Å². The first-order chi connectivity index (χ1) is 18.2. The van der Waals surface area contributed by atoms with Gasteiger partial charge in [0.2, 0.25) is 0 Å². The van der Waals surface area contributed by atoms with Crippen molar-refractivity contribution in [3.8, 4) is 11.1 Å². The molecule has 5 rings (SSSR count). The number of aromatic nitrogens is 3. The number of likely N-dealkylation sites (tertiary alicyclic amines) is 1. The minimum atomic E-state index is -4.50. The normalized spacial score (nSPS) is 15.1. The Balaban J connectivity index is 1.26. The molecule has 0 bridgehead atoms. The van der Waals surface area contributed by atoms with Gasteiger partial charge in [0.15, 0.2) is 0 Å². The van der Waals surface area contributed by atoms with Gasteiger partial charge >= 0.3 is 12.2 Å². The molecule has 1 saturated heterocycles. The second-order valence-electron chi connectivity index (χ2n) is 9.86. The van der Waals surface area contributed by atoms with Crippen molar-refractivity contribution in [1.29, 1.82) is 0 Å². The van der Waals surface area contributed by atoms with Crippen molar-refractivity contribution in [3.05, 3.63) is 72.2 Å². The van der Waals surface area contributed by atoms with Gasteiger partial charge in [-0.2, -0.15) is 18.3 Å². The lowest BCUT2D eigenvalue weighted by atomic mass is 9.88. The molecule has 3 heterocycles. The van der Waals surface area contributed by atoms with Gasteiger partial charge in [0.1, 0.15) is 0 Å². The number of hydrogen-bond donors (Lipinski definition) is 2. The summed E-state index contributed by atoms with van der Waals surface area (Å²) in [5.74, 6) is 0.221. The fraction of sp³-hybridized carbons (Fsp3) is 0.321. The predicted molar refractivity (Wildman–Crippen MR) is 142 cm³/mol. The molecule has 0 spiro atoms. The Labute approximate surface area is 218 Å². The van der Waals surface area contributed by atoms with Crippen LogP contribution in [0.1, 0.15) is 24.0 Å². The van der Waals surface area contributed by atoms with Gasteiger partial charge in [-0.15, -0.1) is 0 Å². The summed E-state index contributed by atoms with van der Waals surface area (Å²) < 4.78 is 43.3. The van der Waals surface area contributed by atoms with Crippen LogP contribution in [0.3, 0.4) is 0 Å². The Hall–Kier alpha value is -3.92. The molecule has 4 aromatic rings. The molecule has 38 heavy (non-hydrogen) atoms. The van der Waals surface area contributed by atoms with Crippen LogP contribution in [0, 0.1) is 5.92 Å². The number of benzene rings is 2. The lowest BCUT2D eigenvalue weighted by Crippen LogP contribution is -2.31. The van der Waals surface area contributed by atoms with E-state index in [1.165, 1.54) is 12.1 Å². The second kappa shape index (κ2) is 10.4. The van der Waals surface area contributed by atoms with E-state index in [0.29, 0.717) is 12.1 Å². The van der Waals surface area contributed by atoms with Gasteiger partial charge in [-0.05, 0) is 80.7 Å². The fourth-order valence-electron chi connectivity index (χ4n) is 4.99. The number of nitrogens with zero attached hydrogens (tertiary/aromatic N) is 4. The summed E-state index contributed by atoms with van der Waals surface area (Å²) >= 11 is 0. The molecule has 10 heteroatoms. The molecule has 1 fully saturated rings. The summed E-state index contributed by atoms with van der Waals surface area (Å²) in [5, 5.41) is 10.5. The van der Waals surface area contributed by atoms with E-state index in [-0.39, 0.29) is 17.2 Å². The number of alkyl halides is 3. The Bertz CT molecular complexity index is 1440. The molecule has 2 amide bonds. The van der Waals surface area contributed by atoms with Crippen LogP contribution in [0.5, 0.6) is 0 Å².